The molecule has 1 rings (SSSR count). The molecular weight excluding hydrogens is 268 g/mol. The zero-order valence-electron chi connectivity index (χ0n) is 10.6. The van der Waals surface area contributed by atoms with Gasteiger partial charge in [-0.15, -0.1) is 0 Å². The number of hydrogen-bond acceptors (Lipinski definition) is 5. The number of ether oxygens (including phenoxy) is 2. The predicted octanol–water partition coefficient (Wildman–Crippen LogP) is 1.37. The lowest BCUT2D eigenvalue weighted by molar-refractivity contribution is 0.199. The third-order valence-corrected chi connectivity index (χ3v) is 3.56. The topological polar surface area (TPSA) is 88.4 Å². The Kier molecular flexibility index (Phi) is 6.12. The van der Waals surface area contributed by atoms with Crippen LogP contribution in [-0.2, 0) is 14.8 Å². The van der Waals surface area contributed by atoms with E-state index in [9.17, 15) is 8.42 Å². The van der Waals surface area contributed by atoms with Gasteiger partial charge in [0.1, 0.15) is 11.8 Å². The highest BCUT2D eigenvalue weighted by atomic mass is 32.2. The van der Waals surface area contributed by atoms with Crippen molar-refractivity contribution in [1.82, 2.24) is 0 Å². The highest BCUT2D eigenvalue weighted by molar-refractivity contribution is 7.92. The Balaban J connectivity index is 2.73. The molecule has 7 heteroatoms. The third-order valence-electron chi connectivity index (χ3n) is 2.21. The standard InChI is InChI=1S/C12H16N2O4S/c1-17-8-4-10-19(15,16)14-11-5-2-3-6-12(11)18-9-7-13/h2-3,5-6,14H,4,8-10H2,1H3. The number of benzene rings is 1. The van der Waals surface area contributed by atoms with E-state index in [1.807, 2.05) is 6.07 Å². The maximum Gasteiger partial charge on any atom is 0.232 e. The molecule has 1 N–H and O–H groups in total. The van der Waals surface area contributed by atoms with Gasteiger partial charge in [-0.2, -0.15) is 5.26 Å². The lowest BCUT2D eigenvalue weighted by atomic mass is 10.3. The second kappa shape index (κ2) is 7.61. The fourth-order valence-electron chi connectivity index (χ4n) is 1.40. The molecule has 6 nitrogen and oxygen atoms in total. The van der Waals surface area contributed by atoms with Crippen molar-refractivity contribution >= 4 is 15.7 Å². The average molecular weight is 284 g/mol. The van der Waals surface area contributed by atoms with Crippen molar-refractivity contribution in [2.75, 3.05) is 30.8 Å². The summed E-state index contributed by atoms with van der Waals surface area (Å²) >= 11 is 0. The van der Waals surface area contributed by atoms with E-state index in [0.717, 1.165) is 0 Å². The summed E-state index contributed by atoms with van der Waals surface area (Å²) in [4.78, 5) is 0. The number of rotatable bonds is 8. The SMILES string of the molecule is COCCCS(=O)(=O)Nc1ccccc1OCC#N. The van der Waals surface area contributed by atoms with E-state index in [0.29, 0.717) is 24.5 Å². The zero-order chi connectivity index (χ0) is 14.1. The first-order valence-electron chi connectivity index (χ1n) is 5.67. The molecule has 19 heavy (non-hydrogen) atoms. The van der Waals surface area contributed by atoms with Crippen LogP contribution in [0.4, 0.5) is 5.69 Å². The van der Waals surface area contributed by atoms with E-state index in [-0.39, 0.29) is 12.4 Å². The molecule has 0 aromatic heterocycles. The normalized spacial score (nSPS) is 10.7. The number of nitrogens with one attached hydrogen (secondary N) is 1. The van der Waals surface area contributed by atoms with Crippen LogP contribution in [0, 0.1) is 11.3 Å². The second-order valence-corrected chi connectivity index (χ2v) is 5.55. The summed E-state index contributed by atoms with van der Waals surface area (Å²) in [6.45, 7) is 0.246. The molecule has 0 saturated heterocycles. The maximum atomic E-state index is 11.8. The Morgan fingerprint density at radius 2 is 2.11 bits per heavy atom. The predicted molar refractivity (Wildman–Crippen MR) is 71.5 cm³/mol. The van der Waals surface area contributed by atoms with Crippen LogP contribution in [-0.4, -0.2) is 34.5 Å². The van der Waals surface area contributed by atoms with Crippen LogP contribution in [0.2, 0.25) is 0 Å². The minimum atomic E-state index is -3.45. The molecule has 0 aliphatic heterocycles. The summed E-state index contributed by atoms with van der Waals surface area (Å²) in [5.41, 5.74) is 0.329. The van der Waals surface area contributed by atoms with Gasteiger partial charge in [-0.05, 0) is 18.6 Å². The summed E-state index contributed by atoms with van der Waals surface area (Å²) in [6.07, 6.45) is 0.410. The highest BCUT2D eigenvalue weighted by Crippen LogP contribution is 2.24. The number of methoxy groups -OCH3 is 1. The summed E-state index contributed by atoms with van der Waals surface area (Å²) in [6, 6.07) is 8.41. The highest BCUT2D eigenvalue weighted by Gasteiger charge is 2.13. The van der Waals surface area contributed by atoms with Crippen molar-refractivity contribution in [2.45, 2.75) is 6.42 Å². The summed E-state index contributed by atoms with van der Waals surface area (Å²) in [5, 5.41) is 8.47. The third kappa shape index (κ3) is 5.59. The number of hydrogen-bond donors (Lipinski definition) is 1. The molecule has 0 bridgehead atoms. The van der Waals surface area contributed by atoms with Gasteiger partial charge in [0.15, 0.2) is 6.61 Å². The van der Waals surface area contributed by atoms with Gasteiger partial charge in [0.2, 0.25) is 10.0 Å². The number of sulfonamides is 1. The van der Waals surface area contributed by atoms with Crippen LogP contribution < -0.4 is 9.46 Å². The molecule has 0 fully saturated rings. The number of para-hydroxylation sites is 2. The molecule has 0 radical (unpaired) electrons. The van der Waals surface area contributed by atoms with E-state index in [1.54, 1.807) is 24.3 Å². The Labute approximate surface area is 113 Å². The van der Waals surface area contributed by atoms with Gasteiger partial charge in [0, 0.05) is 13.7 Å². The van der Waals surface area contributed by atoms with E-state index in [4.69, 9.17) is 14.7 Å². The van der Waals surface area contributed by atoms with Crippen molar-refractivity contribution in [3.05, 3.63) is 24.3 Å². The van der Waals surface area contributed by atoms with E-state index in [2.05, 4.69) is 4.72 Å². The molecule has 0 aliphatic carbocycles. The van der Waals surface area contributed by atoms with E-state index < -0.39 is 10.0 Å². The molecule has 0 saturated carbocycles. The first-order chi connectivity index (χ1) is 9.09. The largest absolute Gasteiger partial charge is 0.477 e. The van der Waals surface area contributed by atoms with E-state index >= 15 is 0 Å². The Hall–Kier alpha value is -1.78. The molecular formula is C12H16N2O4S. The van der Waals surface area contributed by atoms with Crippen molar-refractivity contribution in [2.24, 2.45) is 0 Å². The fraction of sp³-hybridized carbons (Fsp3) is 0.417. The number of anilines is 1. The quantitative estimate of drug-likeness (QED) is 0.728. The van der Waals surface area contributed by atoms with Crippen molar-refractivity contribution in [3.63, 3.8) is 0 Å². The molecule has 1 aromatic rings. The van der Waals surface area contributed by atoms with Gasteiger partial charge < -0.3 is 9.47 Å². The van der Waals surface area contributed by atoms with Crippen LogP contribution >= 0.6 is 0 Å². The lowest BCUT2D eigenvalue weighted by Crippen LogP contribution is -2.18. The molecule has 104 valence electrons. The summed E-state index contributed by atoms with van der Waals surface area (Å²) < 4.78 is 36.0. The van der Waals surface area contributed by atoms with Crippen LogP contribution in [0.5, 0.6) is 5.75 Å². The molecule has 0 heterocycles. The van der Waals surface area contributed by atoms with Gasteiger partial charge in [0.25, 0.3) is 0 Å². The summed E-state index contributed by atoms with van der Waals surface area (Å²) in [7, 11) is -1.93. The molecule has 0 atom stereocenters. The minimum Gasteiger partial charge on any atom is -0.477 e. The fourth-order valence-corrected chi connectivity index (χ4v) is 2.50. The minimum absolute atomic E-state index is 0.0343. The molecule has 0 spiro atoms. The smallest absolute Gasteiger partial charge is 0.232 e. The molecule has 0 aliphatic rings. The van der Waals surface area contributed by atoms with Crippen molar-refractivity contribution in [1.29, 1.82) is 5.26 Å². The van der Waals surface area contributed by atoms with Crippen LogP contribution in [0.3, 0.4) is 0 Å². The van der Waals surface area contributed by atoms with Gasteiger partial charge in [-0.1, -0.05) is 12.1 Å². The van der Waals surface area contributed by atoms with E-state index in [1.165, 1.54) is 7.11 Å². The Morgan fingerprint density at radius 1 is 1.37 bits per heavy atom. The number of nitrogens with zero attached hydrogens (tertiary/aromatic N) is 1. The van der Waals surface area contributed by atoms with Gasteiger partial charge in [0.05, 0.1) is 11.4 Å². The first kappa shape index (κ1) is 15.3. The van der Waals surface area contributed by atoms with Crippen molar-refractivity contribution < 1.29 is 17.9 Å². The molecule has 1 aromatic carbocycles. The maximum absolute atomic E-state index is 11.8. The lowest BCUT2D eigenvalue weighted by Gasteiger charge is -2.11. The average Bonchev–Trinajstić information content (AvgIpc) is 2.37. The Morgan fingerprint density at radius 3 is 2.79 bits per heavy atom. The first-order valence-corrected chi connectivity index (χ1v) is 7.32. The summed E-state index contributed by atoms with van der Waals surface area (Å²) in [5.74, 6) is 0.298. The second-order valence-electron chi connectivity index (χ2n) is 3.71. The zero-order valence-corrected chi connectivity index (χ0v) is 11.4. The van der Waals surface area contributed by atoms with Crippen LogP contribution in [0.1, 0.15) is 6.42 Å². The molecule has 0 amide bonds. The molecule has 0 unspecified atom stereocenters. The number of nitriles is 1. The van der Waals surface area contributed by atoms with Gasteiger partial charge in [-0.3, -0.25) is 4.72 Å². The monoisotopic (exact) mass is 284 g/mol. The van der Waals surface area contributed by atoms with Crippen LogP contribution in [0.25, 0.3) is 0 Å². The van der Waals surface area contributed by atoms with Gasteiger partial charge >= 0.3 is 0 Å². The Bertz CT molecular complexity index is 537. The van der Waals surface area contributed by atoms with Crippen molar-refractivity contribution in [3.8, 4) is 11.8 Å². The van der Waals surface area contributed by atoms with Gasteiger partial charge in [-0.25, -0.2) is 8.42 Å². The van der Waals surface area contributed by atoms with Crippen LogP contribution in [0.15, 0.2) is 24.3 Å².